The number of amides is 1. The van der Waals surface area contributed by atoms with E-state index in [4.69, 9.17) is 12.2 Å². The maximum absolute atomic E-state index is 13.9. The number of hydrogen-bond donors (Lipinski definition) is 3. The minimum atomic E-state index is -8.68. The van der Waals surface area contributed by atoms with Gasteiger partial charge in [-0.3, -0.25) is 9.78 Å². The molecular formula is C20H17F17N4OS. The summed E-state index contributed by atoms with van der Waals surface area (Å²) < 4.78 is 226. The van der Waals surface area contributed by atoms with Crippen LogP contribution in [0.2, 0.25) is 0 Å². The van der Waals surface area contributed by atoms with Gasteiger partial charge in [-0.25, -0.2) is 0 Å². The monoisotopic (exact) mass is 684 g/mol. The third-order valence-corrected chi connectivity index (χ3v) is 5.58. The van der Waals surface area contributed by atoms with Crippen LogP contribution in [0.3, 0.4) is 0 Å². The molecule has 0 aliphatic heterocycles. The molecule has 0 unspecified atom stereocenters. The summed E-state index contributed by atoms with van der Waals surface area (Å²) in [4.78, 5) is 15.7. The van der Waals surface area contributed by atoms with Gasteiger partial charge in [-0.05, 0) is 31.6 Å². The van der Waals surface area contributed by atoms with E-state index in [0.717, 1.165) is 18.5 Å². The van der Waals surface area contributed by atoms with E-state index in [2.05, 4.69) is 15.6 Å². The predicted octanol–water partition coefficient (Wildman–Crippen LogP) is 6.91. The molecule has 5 nitrogen and oxygen atoms in total. The van der Waals surface area contributed by atoms with Gasteiger partial charge in [0.1, 0.15) is 0 Å². The molecule has 0 atom stereocenters. The second-order valence-electron chi connectivity index (χ2n) is 8.45. The average Bonchev–Trinajstić information content (AvgIpc) is 2.85. The van der Waals surface area contributed by atoms with Gasteiger partial charge < -0.3 is 16.0 Å². The van der Waals surface area contributed by atoms with Crippen molar-refractivity contribution in [2.24, 2.45) is 0 Å². The molecule has 0 aliphatic rings. The van der Waals surface area contributed by atoms with E-state index < -0.39 is 72.9 Å². The summed E-state index contributed by atoms with van der Waals surface area (Å²) in [7, 11) is 0. The highest BCUT2D eigenvalue weighted by Crippen LogP contribution is 2.64. The highest BCUT2D eigenvalue weighted by molar-refractivity contribution is 7.80. The van der Waals surface area contributed by atoms with Gasteiger partial charge in [-0.15, -0.1) is 0 Å². The Labute approximate surface area is 234 Å². The number of aromatic nitrogens is 1. The van der Waals surface area contributed by atoms with Crippen molar-refractivity contribution >= 4 is 28.9 Å². The fourth-order valence-corrected chi connectivity index (χ4v) is 3.20. The van der Waals surface area contributed by atoms with Crippen LogP contribution in [0.4, 0.5) is 80.3 Å². The van der Waals surface area contributed by atoms with E-state index in [1.165, 1.54) is 0 Å². The third-order valence-electron chi connectivity index (χ3n) is 5.34. The minimum absolute atomic E-state index is 0.0722. The molecule has 0 aliphatic carbocycles. The molecule has 0 saturated heterocycles. The smallest absolute Gasteiger partial charge is 0.363 e. The molecule has 23 heteroatoms. The van der Waals surface area contributed by atoms with E-state index in [1.807, 2.05) is 0 Å². The Kier molecular flexibility index (Phi) is 10.9. The van der Waals surface area contributed by atoms with Crippen molar-refractivity contribution in [2.75, 3.05) is 18.4 Å². The topological polar surface area (TPSA) is 66.0 Å². The Morgan fingerprint density at radius 1 is 0.721 bits per heavy atom. The molecule has 0 aromatic carbocycles. The van der Waals surface area contributed by atoms with E-state index in [-0.39, 0.29) is 16.4 Å². The third kappa shape index (κ3) is 6.79. The number of rotatable bonds is 13. The van der Waals surface area contributed by atoms with Gasteiger partial charge in [-0.2, -0.15) is 74.6 Å². The highest BCUT2D eigenvalue weighted by Gasteiger charge is 2.95. The molecule has 1 rings (SSSR count). The lowest BCUT2D eigenvalue weighted by Crippen LogP contribution is -2.74. The van der Waals surface area contributed by atoms with Crippen LogP contribution >= 0.6 is 12.2 Å². The lowest BCUT2D eigenvalue weighted by atomic mass is 9.88. The zero-order chi connectivity index (χ0) is 34.1. The first-order valence-electron chi connectivity index (χ1n) is 11.1. The fraction of sp³-hybridized carbons (Fsp3) is 0.650. The molecular weight excluding hydrogens is 667 g/mol. The van der Waals surface area contributed by atoms with Crippen LogP contribution in [0.25, 0.3) is 0 Å². The lowest BCUT2D eigenvalue weighted by molar-refractivity contribution is -0.461. The van der Waals surface area contributed by atoms with Gasteiger partial charge in [0.05, 0.1) is 17.4 Å². The maximum Gasteiger partial charge on any atom is 0.460 e. The number of nitrogens with one attached hydrogen (secondary N) is 3. The first-order valence-corrected chi connectivity index (χ1v) is 11.5. The molecule has 1 aromatic heterocycles. The Hall–Kier alpha value is -2.88. The van der Waals surface area contributed by atoms with Crippen molar-refractivity contribution in [1.29, 1.82) is 0 Å². The molecule has 0 spiro atoms. The first-order chi connectivity index (χ1) is 19.1. The Morgan fingerprint density at radius 2 is 1.19 bits per heavy atom. The van der Waals surface area contributed by atoms with E-state index in [1.54, 1.807) is 12.2 Å². The van der Waals surface area contributed by atoms with E-state index in [0.29, 0.717) is 6.54 Å². The maximum atomic E-state index is 13.9. The normalized spacial score (nSPS) is 14.4. The number of nitrogens with zero attached hydrogens (tertiary/aromatic N) is 1. The standard InChI is InChI=1S/C20H17F17N4OS/c1-2-39-12(43)41-10-6-9(7-38-8-10)11(42)40-5-3-4-13(21,22)14(23,24)15(25,26)16(27,28)17(29,30)18(31,32)19(33,34)20(35,36)37/h6-8H,2-5H2,1H3,(H,40,42)(H2,39,41,43). The van der Waals surface area contributed by atoms with Gasteiger partial charge in [0.25, 0.3) is 5.91 Å². The molecule has 1 aromatic rings. The summed E-state index contributed by atoms with van der Waals surface area (Å²) in [5, 5.41) is 7.10. The summed E-state index contributed by atoms with van der Waals surface area (Å²) in [5.41, 5.74) is -0.227. The molecule has 0 fully saturated rings. The Bertz CT molecular complexity index is 1160. The SMILES string of the molecule is CCNC(=S)Nc1cncc(C(=O)NCCCC(F)(F)C(F)(F)C(F)(F)C(F)(F)C(F)(F)C(F)(F)C(F)(F)C(F)(F)F)c1. The van der Waals surface area contributed by atoms with Gasteiger partial charge in [0.2, 0.25) is 0 Å². The fourth-order valence-electron chi connectivity index (χ4n) is 2.94. The highest BCUT2D eigenvalue weighted by atomic mass is 32.1. The quantitative estimate of drug-likeness (QED) is 0.120. The number of hydrogen-bond acceptors (Lipinski definition) is 3. The van der Waals surface area contributed by atoms with E-state index >= 15 is 0 Å². The van der Waals surface area contributed by atoms with Crippen LogP contribution in [0.1, 0.15) is 30.1 Å². The Morgan fingerprint density at radius 3 is 1.65 bits per heavy atom. The summed E-state index contributed by atoms with van der Waals surface area (Å²) in [5.74, 6) is -57.9. The minimum Gasteiger partial charge on any atom is -0.363 e. The van der Waals surface area contributed by atoms with Crippen LogP contribution in [-0.2, 0) is 0 Å². The van der Waals surface area contributed by atoms with Gasteiger partial charge in [-0.1, -0.05) is 0 Å². The van der Waals surface area contributed by atoms with Crippen molar-refractivity contribution in [3.63, 3.8) is 0 Å². The second kappa shape index (κ2) is 12.3. The van der Waals surface area contributed by atoms with Crippen LogP contribution < -0.4 is 16.0 Å². The average molecular weight is 684 g/mol. The zero-order valence-corrected chi connectivity index (χ0v) is 21.6. The Balaban J connectivity index is 3.10. The van der Waals surface area contributed by atoms with Crippen LogP contribution in [0.5, 0.6) is 0 Å². The molecule has 1 amide bonds. The van der Waals surface area contributed by atoms with Gasteiger partial charge >= 0.3 is 47.6 Å². The molecule has 0 saturated carbocycles. The van der Waals surface area contributed by atoms with Gasteiger partial charge in [0.15, 0.2) is 5.11 Å². The first kappa shape index (κ1) is 38.1. The number of alkyl halides is 17. The van der Waals surface area contributed by atoms with Crippen LogP contribution in [-0.4, -0.2) is 76.7 Å². The molecule has 3 N–H and O–H groups in total. The summed E-state index contributed by atoms with van der Waals surface area (Å²) >= 11 is 4.87. The summed E-state index contributed by atoms with van der Waals surface area (Å²) in [6, 6.07) is 1.08. The lowest BCUT2D eigenvalue weighted by Gasteiger charge is -2.42. The second-order valence-corrected chi connectivity index (χ2v) is 8.86. The number of anilines is 1. The predicted molar refractivity (Wildman–Crippen MR) is 116 cm³/mol. The number of thiocarbonyl (C=S) groups is 1. The molecule has 43 heavy (non-hydrogen) atoms. The number of carbonyl (C=O) groups is 1. The summed E-state index contributed by atoms with van der Waals surface area (Å²) in [6.07, 6.45) is -9.92. The van der Waals surface area contributed by atoms with Crippen molar-refractivity contribution in [3.05, 3.63) is 24.0 Å². The van der Waals surface area contributed by atoms with Crippen molar-refractivity contribution in [3.8, 4) is 0 Å². The molecule has 0 bridgehead atoms. The van der Waals surface area contributed by atoms with Crippen molar-refractivity contribution in [1.82, 2.24) is 15.6 Å². The van der Waals surface area contributed by atoms with E-state index in [9.17, 15) is 79.4 Å². The molecule has 0 radical (unpaired) electrons. The number of halogens is 17. The molecule has 1 heterocycles. The van der Waals surface area contributed by atoms with Crippen molar-refractivity contribution < 1.29 is 79.4 Å². The summed E-state index contributed by atoms with van der Waals surface area (Å²) in [6.45, 7) is 0.942. The van der Waals surface area contributed by atoms with Crippen LogP contribution in [0, 0.1) is 0 Å². The number of pyridine rings is 1. The van der Waals surface area contributed by atoms with Gasteiger partial charge in [0, 0.05) is 25.7 Å². The zero-order valence-electron chi connectivity index (χ0n) is 20.7. The van der Waals surface area contributed by atoms with Crippen molar-refractivity contribution in [2.45, 2.75) is 67.4 Å². The van der Waals surface area contributed by atoms with Crippen LogP contribution in [0.15, 0.2) is 18.5 Å². The number of carbonyl (C=O) groups excluding carboxylic acids is 1. The largest absolute Gasteiger partial charge is 0.460 e. The molecule has 248 valence electrons.